The predicted octanol–water partition coefficient (Wildman–Crippen LogP) is 3.93. The number of allylic oxidation sites excluding steroid dienone is 1. The first-order valence-corrected chi connectivity index (χ1v) is 10.0. The molecular formula is C19H20ClN3O3S. The molecule has 1 aromatic heterocycles. The zero-order valence-electron chi connectivity index (χ0n) is 15.4. The van der Waals surface area contributed by atoms with Crippen LogP contribution in [0.15, 0.2) is 45.5 Å². The number of carbonyl (C=O) groups is 1. The molecule has 1 atom stereocenters. The minimum Gasteiger partial charge on any atom is -0.460 e. The molecule has 0 saturated heterocycles. The van der Waals surface area contributed by atoms with E-state index in [1.807, 2.05) is 6.26 Å². The number of rotatable bonds is 4. The van der Waals surface area contributed by atoms with E-state index < -0.39 is 11.9 Å². The first kappa shape index (κ1) is 19.5. The Labute approximate surface area is 166 Å². The first-order valence-electron chi connectivity index (χ1n) is 8.44. The lowest BCUT2D eigenvalue weighted by atomic mass is 9.82. The number of hydrogen-bond acceptors (Lipinski definition) is 6. The van der Waals surface area contributed by atoms with Crippen molar-refractivity contribution in [3.05, 3.63) is 62.0 Å². The molecule has 0 amide bonds. The summed E-state index contributed by atoms with van der Waals surface area (Å²) in [6.07, 6.45) is 1.55. The number of halogens is 1. The van der Waals surface area contributed by atoms with Gasteiger partial charge in [0.1, 0.15) is 5.82 Å². The van der Waals surface area contributed by atoms with E-state index in [0.717, 1.165) is 5.56 Å². The van der Waals surface area contributed by atoms with Crippen LogP contribution >= 0.6 is 23.4 Å². The highest BCUT2D eigenvalue weighted by molar-refractivity contribution is 7.98. The van der Waals surface area contributed by atoms with E-state index in [2.05, 4.69) is 15.3 Å². The molecule has 1 aliphatic heterocycles. The van der Waals surface area contributed by atoms with E-state index >= 15 is 0 Å². The van der Waals surface area contributed by atoms with Crippen LogP contribution in [0.25, 0.3) is 0 Å². The van der Waals surface area contributed by atoms with E-state index in [0.29, 0.717) is 32.8 Å². The third-order valence-corrected chi connectivity index (χ3v) is 5.01. The zero-order valence-corrected chi connectivity index (χ0v) is 17.0. The molecule has 0 unspecified atom stereocenters. The molecule has 8 heteroatoms. The Morgan fingerprint density at radius 3 is 2.56 bits per heavy atom. The van der Waals surface area contributed by atoms with Crippen LogP contribution in [0.2, 0.25) is 5.02 Å². The lowest BCUT2D eigenvalue weighted by Crippen LogP contribution is -2.31. The Morgan fingerprint density at radius 2 is 1.96 bits per heavy atom. The Bertz CT molecular complexity index is 967. The van der Waals surface area contributed by atoms with Crippen LogP contribution in [0.4, 0.5) is 5.82 Å². The number of aromatic amines is 1. The molecule has 0 saturated carbocycles. The van der Waals surface area contributed by atoms with Crippen LogP contribution in [-0.2, 0) is 9.53 Å². The number of thioether (sulfide) groups is 1. The minimum atomic E-state index is -0.600. The average Bonchev–Trinajstić information content (AvgIpc) is 2.60. The van der Waals surface area contributed by atoms with Crippen molar-refractivity contribution in [2.24, 2.45) is 0 Å². The summed E-state index contributed by atoms with van der Waals surface area (Å²) in [6, 6.07) is 7.08. The number of H-pyrrole nitrogens is 1. The molecule has 27 heavy (non-hydrogen) atoms. The summed E-state index contributed by atoms with van der Waals surface area (Å²) in [7, 11) is 0. The maximum Gasteiger partial charge on any atom is 0.337 e. The van der Waals surface area contributed by atoms with Crippen molar-refractivity contribution >= 4 is 35.1 Å². The van der Waals surface area contributed by atoms with Gasteiger partial charge in [-0.15, -0.1) is 0 Å². The van der Waals surface area contributed by atoms with Gasteiger partial charge in [-0.05, 0) is 44.7 Å². The second kappa shape index (κ2) is 7.78. The van der Waals surface area contributed by atoms with Gasteiger partial charge in [0.25, 0.3) is 5.56 Å². The summed E-state index contributed by atoms with van der Waals surface area (Å²) in [6.45, 7) is 5.35. The average molecular weight is 406 g/mol. The standard InChI is InChI=1S/C19H20ClN3O3S/c1-9(2)26-18(25)13-10(3)21-16-15(17(24)23-19(22-16)27-4)14(13)11-5-7-12(20)8-6-11/h5-9,14H,1-4H3,(H2,21,22,23,24)/t14-/m0/s1. The van der Waals surface area contributed by atoms with Gasteiger partial charge in [-0.3, -0.25) is 4.79 Å². The molecule has 0 bridgehead atoms. The van der Waals surface area contributed by atoms with Gasteiger partial charge in [-0.1, -0.05) is 35.5 Å². The highest BCUT2D eigenvalue weighted by atomic mass is 35.5. The summed E-state index contributed by atoms with van der Waals surface area (Å²) < 4.78 is 5.44. The summed E-state index contributed by atoms with van der Waals surface area (Å²) in [5, 5.41) is 4.17. The predicted molar refractivity (Wildman–Crippen MR) is 107 cm³/mol. The number of anilines is 1. The van der Waals surface area contributed by atoms with Gasteiger partial charge >= 0.3 is 5.97 Å². The molecule has 0 spiro atoms. The largest absolute Gasteiger partial charge is 0.460 e. The number of fused-ring (bicyclic) bond motifs is 1. The van der Waals surface area contributed by atoms with Crippen molar-refractivity contribution in [1.29, 1.82) is 0 Å². The Hall–Kier alpha value is -2.25. The maximum atomic E-state index is 12.8. The fourth-order valence-electron chi connectivity index (χ4n) is 3.06. The molecule has 2 N–H and O–H groups in total. The molecule has 142 valence electrons. The topological polar surface area (TPSA) is 84.1 Å². The number of esters is 1. The second-order valence-corrected chi connectivity index (χ2v) is 7.67. The highest BCUT2D eigenvalue weighted by Crippen LogP contribution is 2.40. The summed E-state index contributed by atoms with van der Waals surface area (Å²) in [5.41, 5.74) is 1.86. The number of hydrogen-bond donors (Lipinski definition) is 2. The van der Waals surface area contributed by atoms with Crippen molar-refractivity contribution in [2.75, 3.05) is 11.6 Å². The van der Waals surface area contributed by atoms with E-state index in [4.69, 9.17) is 16.3 Å². The van der Waals surface area contributed by atoms with Crippen molar-refractivity contribution in [3.63, 3.8) is 0 Å². The number of aromatic nitrogens is 2. The molecule has 6 nitrogen and oxygen atoms in total. The minimum absolute atomic E-state index is 0.277. The zero-order chi connectivity index (χ0) is 19.7. The quantitative estimate of drug-likeness (QED) is 0.455. The van der Waals surface area contributed by atoms with E-state index in [9.17, 15) is 9.59 Å². The molecule has 1 aliphatic rings. The molecular weight excluding hydrogens is 386 g/mol. The van der Waals surface area contributed by atoms with Crippen LogP contribution in [-0.4, -0.2) is 28.3 Å². The summed E-state index contributed by atoms with van der Waals surface area (Å²) in [5.74, 6) is -0.618. The van der Waals surface area contributed by atoms with Crippen LogP contribution in [0, 0.1) is 0 Å². The number of carbonyl (C=O) groups excluding carboxylic acids is 1. The van der Waals surface area contributed by atoms with Gasteiger partial charge in [0, 0.05) is 10.7 Å². The molecule has 0 fully saturated rings. The molecule has 1 aromatic carbocycles. The van der Waals surface area contributed by atoms with Gasteiger partial charge < -0.3 is 15.0 Å². The lowest BCUT2D eigenvalue weighted by molar-refractivity contribution is -0.143. The normalized spacial score (nSPS) is 16.1. The first-order chi connectivity index (χ1) is 12.8. The van der Waals surface area contributed by atoms with E-state index in [-0.39, 0.29) is 11.7 Å². The number of nitrogens with one attached hydrogen (secondary N) is 2. The van der Waals surface area contributed by atoms with Gasteiger partial charge in [0.2, 0.25) is 0 Å². The monoisotopic (exact) mass is 405 g/mol. The van der Waals surface area contributed by atoms with E-state index in [1.165, 1.54) is 11.8 Å². The number of benzene rings is 1. The number of ether oxygens (including phenoxy) is 1. The van der Waals surface area contributed by atoms with Gasteiger partial charge in [0.05, 0.1) is 23.2 Å². The van der Waals surface area contributed by atoms with Crippen molar-refractivity contribution < 1.29 is 9.53 Å². The van der Waals surface area contributed by atoms with Crippen LogP contribution in [0.1, 0.15) is 37.8 Å². The van der Waals surface area contributed by atoms with E-state index in [1.54, 1.807) is 45.0 Å². The highest BCUT2D eigenvalue weighted by Gasteiger charge is 2.36. The molecule has 0 aliphatic carbocycles. The van der Waals surface area contributed by atoms with Gasteiger partial charge in [-0.2, -0.15) is 0 Å². The Balaban J connectivity index is 2.23. The smallest absolute Gasteiger partial charge is 0.337 e. The second-order valence-electron chi connectivity index (χ2n) is 6.44. The number of nitrogens with zero attached hydrogens (tertiary/aromatic N) is 1. The molecule has 2 heterocycles. The summed E-state index contributed by atoms with van der Waals surface area (Å²) in [4.78, 5) is 32.9. The Kier molecular flexibility index (Phi) is 5.62. The summed E-state index contributed by atoms with van der Waals surface area (Å²) >= 11 is 7.36. The van der Waals surface area contributed by atoms with Gasteiger partial charge in [0.15, 0.2) is 5.16 Å². The fourth-order valence-corrected chi connectivity index (χ4v) is 3.57. The SMILES string of the molecule is CSc1nc2c(c(=O)[nH]1)[C@@H](c1ccc(Cl)cc1)C(C(=O)OC(C)C)=C(C)N2. The Morgan fingerprint density at radius 1 is 1.30 bits per heavy atom. The van der Waals surface area contributed by atoms with Gasteiger partial charge in [-0.25, -0.2) is 9.78 Å². The van der Waals surface area contributed by atoms with Crippen LogP contribution < -0.4 is 10.9 Å². The maximum absolute atomic E-state index is 12.8. The van der Waals surface area contributed by atoms with Crippen LogP contribution in [0.3, 0.4) is 0 Å². The fraction of sp³-hybridized carbons (Fsp3) is 0.316. The third-order valence-electron chi connectivity index (χ3n) is 4.18. The molecule has 3 rings (SSSR count). The molecule has 0 radical (unpaired) electrons. The van der Waals surface area contributed by atoms with Crippen molar-refractivity contribution in [2.45, 2.75) is 37.9 Å². The third kappa shape index (κ3) is 3.89. The van der Waals surface area contributed by atoms with Crippen molar-refractivity contribution in [1.82, 2.24) is 9.97 Å². The lowest BCUT2D eigenvalue weighted by Gasteiger charge is -2.29. The van der Waals surface area contributed by atoms with Crippen molar-refractivity contribution in [3.8, 4) is 0 Å². The van der Waals surface area contributed by atoms with Crippen LogP contribution in [0.5, 0.6) is 0 Å². The molecule has 2 aromatic rings.